The van der Waals surface area contributed by atoms with Gasteiger partial charge in [-0.3, -0.25) is 9.59 Å². The van der Waals surface area contributed by atoms with Crippen molar-refractivity contribution in [1.82, 2.24) is 4.90 Å². The van der Waals surface area contributed by atoms with Crippen LogP contribution in [-0.4, -0.2) is 52.0 Å². The number of alkyl halides is 3. The highest BCUT2D eigenvalue weighted by molar-refractivity contribution is 8.01. The quantitative estimate of drug-likeness (QED) is 0.245. The number of ether oxygens (including phenoxy) is 1. The summed E-state index contributed by atoms with van der Waals surface area (Å²) in [5.41, 5.74) is 1.59. The molecule has 1 atom stereocenters. The summed E-state index contributed by atoms with van der Waals surface area (Å²) in [6.07, 6.45) is -3.15. The van der Waals surface area contributed by atoms with Crippen LogP contribution in [0.15, 0.2) is 35.2 Å². The fraction of sp³-hybridized carbons (Fsp3) is 0.400. The van der Waals surface area contributed by atoms with E-state index >= 15 is 4.39 Å². The Balaban J connectivity index is 1.78. The third kappa shape index (κ3) is 6.73. The molecule has 0 aliphatic heterocycles. The number of hydrogen-bond acceptors (Lipinski definition) is 5. The molecule has 2 N–H and O–H groups in total. The van der Waals surface area contributed by atoms with Crippen molar-refractivity contribution in [3.05, 3.63) is 52.8 Å². The SMILES string of the molecule is CCN(C(=O)Nc1ccc(OC(F)(F)F)cc1)C1CCc2c(cc(F)c(SC(C)(C)C(=O)O)c2C=O)C1. The highest BCUT2D eigenvalue weighted by Crippen LogP contribution is 2.40. The zero-order valence-corrected chi connectivity index (χ0v) is 21.1. The van der Waals surface area contributed by atoms with Gasteiger partial charge in [-0.15, -0.1) is 24.9 Å². The van der Waals surface area contributed by atoms with E-state index in [-0.39, 0.29) is 28.6 Å². The summed E-state index contributed by atoms with van der Waals surface area (Å²) in [5, 5.41) is 12.1. The third-order valence-electron chi connectivity index (χ3n) is 6.03. The number of aldehydes is 1. The lowest BCUT2D eigenvalue weighted by Crippen LogP contribution is -2.45. The van der Waals surface area contributed by atoms with E-state index in [0.717, 1.165) is 23.9 Å². The predicted octanol–water partition coefficient (Wildman–Crippen LogP) is 5.90. The van der Waals surface area contributed by atoms with Crippen LogP contribution >= 0.6 is 11.8 Å². The van der Waals surface area contributed by atoms with Gasteiger partial charge in [-0.2, -0.15) is 0 Å². The van der Waals surface area contributed by atoms with Crippen LogP contribution in [0.25, 0.3) is 0 Å². The molecule has 200 valence electrons. The lowest BCUT2D eigenvalue weighted by molar-refractivity contribution is -0.274. The highest BCUT2D eigenvalue weighted by Gasteiger charge is 2.35. The molecule has 37 heavy (non-hydrogen) atoms. The van der Waals surface area contributed by atoms with Crippen LogP contribution in [0.2, 0.25) is 0 Å². The van der Waals surface area contributed by atoms with Gasteiger partial charge in [0.05, 0.1) is 4.90 Å². The van der Waals surface area contributed by atoms with Gasteiger partial charge in [0.25, 0.3) is 0 Å². The number of carbonyl (C=O) groups excluding carboxylic acids is 2. The number of hydrogen-bond donors (Lipinski definition) is 2. The van der Waals surface area contributed by atoms with Crippen molar-refractivity contribution in [2.75, 3.05) is 11.9 Å². The molecule has 2 amide bonds. The number of anilines is 1. The van der Waals surface area contributed by atoms with Gasteiger partial charge in [-0.1, -0.05) is 0 Å². The second kappa shape index (κ2) is 11.0. The van der Waals surface area contributed by atoms with E-state index in [9.17, 15) is 32.7 Å². The van der Waals surface area contributed by atoms with Crippen LogP contribution in [0.3, 0.4) is 0 Å². The third-order valence-corrected chi connectivity index (χ3v) is 7.33. The Morgan fingerprint density at radius 2 is 1.89 bits per heavy atom. The van der Waals surface area contributed by atoms with Gasteiger partial charge < -0.3 is 20.1 Å². The van der Waals surface area contributed by atoms with Gasteiger partial charge in [0.1, 0.15) is 16.3 Å². The van der Waals surface area contributed by atoms with Gasteiger partial charge in [0.2, 0.25) is 0 Å². The normalized spacial score (nSPS) is 15.5. The van der Waals surface area contributed by atoms with Gasteiger partial charge >= 0.3 is 18.4 Å². The zero-order valence-electron chi connectivity index (χ0n) is 20.3. The first-order chi connectivity index (χ1) is 17.3. The number of nitrogens with zero attached hydrogens (tertiary/aromatic N) is 1. The number of carbonyl (C=O) groups is 3. The topological polar surface area (TPSA) is 95.9 Å². The number of benzene rings is 2. The number of rotatable bonds is 8. The standard InChI is InChI=1S/C25H26F4N2O5S/c1-4-31(23(35)30-15-5-8-17(9-6-15)36-25(27,28)29)16-7-10-18-14(11-16)12-20(26)21(19(18)13-32)37-24(2,3)22(33)34/h5-6,8-9,12-13,16H,4,7,10-11H2,1-3H3,(H,30,35)(H,33,34). The fourth-order valence-electron chi connectivity index (χ4n) is 4.18. The van der Waals surface area contributed by atoms with Gasteiger partial charge in [0.15, 0.2) is 6.29 Å². The zero-order chi connectivity index (χ0) is 27.5. The van der Waals surface area contributed by atoms with Gasteiger partial charge in [-0.25, -0.2) is 9.18 Å². The number of amides is 2. The van der Waals surface area contributed by atoms with Crippen molar-refractivity contribution in [2.45, 2.75) is 62.1 Å². The lowest BCUT2D eigenvalue weighted by atomic mass is 9.85. The maximum Gasteiger partial charge on any atom is 0.573 e. The number of carboxylic acid groups (broad SMARTS) is 1. The van der Waals surface area contributed by atoms with Crippen molar-refractivity contribution >= 4 is 35.7 Å². The Hall–Kier alpha value is -3.28. The highest BCUT2D eigenvalue weighted by atomic mass is 32.2. The largest absolute Gasteiger partial charge is 0.573 e. The minimum absolute atomic E-state index is 0.0114. The number of halogens is 4. The molecular weight excluding hydrogens is 516 g/mol. The summed E-state index contributed by atoms with van der Waals surface area (Å²) in [6.45, 7) is 4.93. The van der Waals surface area contributed by atoms with Crippen LogP contribution in [-0.2, 0) is 17.6 Å². The lowest BCUT2D eigenvalue weighted by Gasteiger charge is -2.35. The van der Waals surface area contributed by atoms with E-state index in [2.05, 4.69) is 10.1 Å². The first-order valence-corrected chi connectivity index (χ1v) is 12.2. The molecule has 0 radical (unpaired) electrons. The van der Waals surface area contributed by atoms with E-state index < -0.39 is 34.7 Å². The molecule has 2 aromatic rings. The van der Waals surface area contributed by atoms with Crippen molar-refractivity contribution in [3.63, 3.8) is 0 Å². The number of urea groups is 1. The number of fused-ring (bicyclic) bond motifs is 1. The van der Waals surface area contributed by atoms with E-state index in [1.54, 1.807) is 6.92 Å². The average Bonchev–Trinajstić information content (AvgIpc) is 2.80. The number of nitrogens with one attached hydrogen (secondary N) is 1. The summed E-state index contributed by atoms with van der Waals surface area (Å²) in [4.78, 5) is 37.9. The van der Waals surface area contributed by atoms with E-state index in [1.807, 2.05) is 0 Å². The van der Waals surface area contributed by atoms with Crippen LogP contribution in [0.4, 0.5) is 28.0 Å². The Bertz CT molecular complexity index is 1190. The minimum atomic E-state index is -4.82. The fourth-order valence-corrected chi connectivity index (χ4v) is 5.22. The van der Waals surface area contributed by atoms with Crippen molar-refractivity contribution in [3.8, 4) is 5.75 Å². The second-order valence-electron chi connectivity index (χ2n) is 8.96. The molecular formula is C25H26F4N2O5S. The molecule has 7 nitrogen and oxygen atoms in total. The Kier molecular flexibility index (Phi) is 8.41. The Morgan fingerprint density at radius 3 is 2.43 bits per heavy atom. The Morgan fingerprint density at radius 1 is 1.24 bits per heavy atom. The number of likely N-dealkylation sites (N-methyl/N-ethyl adjacent to an activating group) is 1. The molecule has 2 aromatic carbocycles. The average molecular weight is 543 g/mol. The second-order valence-corrected chi connectivity index (χ2v) is 10.6. The summed E-state index contributed by atoms with van der Waals surface area (Å²) in [7, 11) is 0. The molecule has 1 unspecified atom stereocenters. The molecule has 0 aromatic heterocycles. The molecule has 3 rings (SSSR count). The predicted molar refractivity (Wildman–Crippen MR) is 130 cm³/mol. The summed E-state index contributed by atoms with van der Waals surface area (Å²) in [5.74, 6) is -2.26. The Labute approximate surface area is 215 Å². The van der Waals surface area contributed by atoms with Crippen LogP contribution < -0.4 is 10.1 Å². The molecule has 0 saturated heterocycles. The van der Waals surface area contributed by atoms with E-state index in [4.69, 9.17) is 0 Å². The monoisotopic (exact) mass is 542 g/mol. The van der Waals surface area contributed by atoms with E-state index in [0.29, 0.717) is 36.8 Å². The minimum Gasteiger partial charge on any atom is -0.480 e. The summed E-state index contributed by atoms with van der Waals surface area (Å²) < 4.78 is 54.6. The number of carboxylic acids is 1. The molecule has 12 heteroatoms. The molecule has 1 aliphatic rings. The maximum absolute atomic E-state index is 15.1. The van der Waals surface area contributed by atoms with Gasteiger partial charge in [-0.05, 0) is 81.5 Å². The first kappa shape index (κ1) is 28.3. The molecule has 0 saturated carbocycles. The smallest absolute Gasteiger partial charge is 0.480 e. The van der Waals surface area contributed by atoms with Crippen molar-refractivity contribution in [2.24, 2.45) is 0 Å². The van der Waals surface area contributed by atoms with Crippen molar-refractivity contribution < 1.29 is 41.8 Å². The maximum atomic E-state index is 15.1. The molecule has 1 aliphatic carbocycles. The van der Waals surface area contributed by atoms with Crippen LogP contribution in [0.5, 0.6) is 5.75 Å². The van der Waals surface area contributed by atoms with Gasteiger partial charge in [0, 0.05) is 23.8 Å². The number of aliphatic carboxylic acids is 1. The molecule has 0 spiro atoms. The molecule has 0 heterocycles. The van der Waals surface area contributed by atoms with Crippen molar-refractivity contribution in [1.29, 1.82) is 0 Å². The van der Waals surface area contributed by atoms with Crippen LogP contribution in [0, 0.1) is 5.82 Å². The molecule has 0 fully saturated rings. The first-order valence-electron chi connectivity index (χ1n) is 11.4. The number of thioether (sulfide) groups is 1. The summed E-state index contributed by atoms with van der Waals surface area (Å²) in [6, 6.07) is 5.23. The van der Waals surface area contributed by atoms with Crippen LogP contribution in [0.1, 0.15) is 48.7 Å². The van der Waals surface area contributed by atoms with E-state index in [1.165, 1.54) is 36.9 Å². The summed E-state index contributed by atoms with van der Waals surface area (Å²) >= 11 is 0.775. The molecule has 0 bridgehead atoms.